The Hall–Kier alpha value is -1.11. The molecule has 0 aromatic heterocycles. The molecule has 0 spiro atoms. The molecular weight excluding hydrogens is 720 g/mol. The molecule has 0 aromatic rings. The van der Waals surface area contributed by atoms with E-state index in [1.54, 1.807) is 18.2 Å². The number of aliphatic hydroxyl groups is 3. The number of aliphatic imine (C=N–C) groups is 1. The van der Waals surface area contributed by atoms with Gasteiger partial charge in [-0.25, -0.2) is 9.36 Å². The minimum Gasteiger partial charge on any atom is -0.862 e. The number of phosphoric ester groups is 1. The molecule has 0 radical (unpaired) electrons. The van der Waals surface area contributed by atoms with Crippen LogP contribution >= 0.6 is 7.82 Å². The maximum Gasteiger partial charge on any atom is 1.00 e. The van der Waals surface area contributed by atoms with Crippen molar-refractivity contribution in [3.63, 3.8) is 0 Å². The Balaban J connectivity index is 0.0000146. The third kappa shape index (κ3) is 23.2. The Morgan fingerprint density at radius 1 is 1.02 bits per heavy atom. The van der Waals surface area contributed by atoms with E-state index in [9.17, 15) is 39.6 Å². The molecule has 0 saturated heterocycles. The molecule has 5 N–H and O–H groups in total. The van der Waals surface area contributed by atoms with Crippen molar-refractivity contribution in [1.29, 1.82) is 0 Å². The van der Waals surface area contributed by atoms with E-state index >= 15 is 0 Å². The summed E-state index contributed by atoms with van der Waals surface area (Å²) in [4.78, 5) is 35.7. The van der Waals surface area contributed by atoms with Crippen molar-refractivity contribution >= 4 is 19.7 Å². The summed E-state index contributed by atoms with van der Waals surface area (Å²) in [6.45, 7) is 4.00. The summed E-state index contributed by atoms with van der Waals surface area (Å²) in [5, 5.41) is 45.4. The van der Waals surface area contributed by atoms with E-state index in [-0.39, 0.29) is 72.8 Å². The van der Waals surface area contributed by atoms with Crippen molar-refractivity contribution in [1.82, 2.24) is 0 Å². The van der Waals surface area contributed by atoms with Crippen LogP contribution in [-0.4, -0.2) is 73.5 Å². The predicted molar refractivity (Wildman–Crippen MR) is 208 cm³/mol. The maximum atomic E-state index is 12.7. The van der Waals surface area contributed by atoms with Gasteiger partial charge in [0.1, 0.15) is 17.8 Å². The van der Waals surface area contributed by atoms with E-state index in [1.807, 2.05) is 13.0 Å². The number of ether oxygens (including phenoxy) is 1. The second-order valence-electron chi connectivity index (χ2n) is 14.9. The molecule has 1 aliphatic carbocycles. The largest absolute Gasteiger partial charge is 1.00 e. The number of phosphoric acid groups is 1. The Morgan fingerprint density at radius 2 is 1.65 bits per heavy atom. The van der Waals surface area contributed by atoms with Crippen LogP contribution < -0.4 is 34.7 Å². The van der Waals surface area contributed by atoms with Gasteiger partial charge in [0, 0.05) is 31.4 Å². The fourth-order valence-electron chi connectivity index (χ4n) is 7.06. The van der Waals surface area contributed by atoms with Crippen molar-refractivity contribution in [2.75, 3.05) is 6.54 Å². The van der Waals surface area contributed by atoms with Crippen LogP contribution in [0.3, 0.4) is 0 Å². The van der Waals surface area contributed by atoms with Gasteiger partial charge in [0.2, 0.25) is 0 Å². The van der Waals surface area contributed by atoms with E-state index in [0.717, 1.165) is 38.5 Å². The fourth-order valence-corrected chi connectivity index (χ4v) is 7.66. The predicted octanol–water partition coefficient (Wildman–Crippen LogP) is 4.31. The van der Waals surface area contributed by atoms with E-state index in [4.69, 9.17) is 9.26 Å². The monoisotopic (exact) mass is 789 g/mol. The van der Waals surface area contributed by atoms with Crippen LogP contribution in [0, 0.1) is 11.8 Å². The molecule has 2 aliphatic rings. The van der Waals surface area contributed by atoms with Crippen LogP contribution in [0.5, 0.6) is 0 Å². The third-order valence-electron chi connectivity index (χ3n) is 10.3. The molecule has 11 nitrogen and oxygen atoms in total. The summed E-state index contributed by atoms with van der Waals surface area (Å²) in [6, 6.07) is 0. The SMILES string of the molecule is CCCCCCCCCCCCCCCC([O-])=NCC[C@@](O)(/C=C/[C@@H]1OC(=O)C=C[C@@H]1CC)[C@@H](C[C@@H](O)/C=C\C=C/[C@@H]1CCC[C@H](O)C1)OP(=O)(O)O.[Na+]. The van der Waals surface area contributed by atoms with Gasteiger partial charge in [-0.1, -0.05) is 134 Å². The average Bonchev–Trinajstić information content (AvgIpc) is 3.10. The Kier molecular flexibility index (Phi) is 27.5. The topological polar surface area (TPSA) is 189 Å². The average molecular weight is 790 g/mol. The molecule has 1 fully saturated rings. The molecule has 13 heteroatoms. The molecule has 304 valence electrons. The summed E-state index contributed by atoms with van der Waals surface area (Å²) in [6.07, 6.45) is 27.7. The van der Waals surface area contributed by atoms with Crippen LogP contribution in [0.1, 0.15) is 149 Å². The number of hydrogen-bond acceptors (Lipinski definition) is 9. The van der Waals surface area contributed by atoms with Crippen molar-refractivity contribution in [2.24, 2.45) is 16.8 Å². The quantitative estimate of drug-likeness (QED) is 0.0112. The molecule has 1 heterocycles. The maximum absolute atomic E-state index is 12.7. The van der Waals surface area contributed by atoms with Gasteiger partial charge in [-0.2, -0.15) is 0 Å². The molecule has 0 aromatic carbocycles. The first-order chi connectivity index (χ1) is 25.3. The molecule has 1 saturated carbocycles. The van der Waals surface area contributed by atoms with Crippen LogP contribution in [0.2, 0.25) is 0 Å². The summed E-state index contributed by atoms with van der Waals surface area (Å²) in [7, 11) is -5.16. The van der Waals surface area contributed by atoms with Crippen LogP contribution in [0.15, 0.2) is 53.6 Å². The zero-order valence-corrected chi connectivity index (χ0v) is 36.2. The zero-order valence-electron chi connectivity index (χ0n) is 33.3. The number of aliphatic hydroxyl groups excluding tert-OH is 2. The van der Waals surface area contributed by atoms with Gasteiger partial charge >= 0.3 is 43.3 Å². The standard InChI is InChI=1S/C41H70NO10P.Na/c1-3-5-6-7-8-9-10-11-12-13-14-15-16-24-39(45)42-30-29-41(47,28-27-37-34(4-2)25-26-40(46)51-37)38(52-53(48,49)50)32-36(44)22-18-17-20-33-21-19-23-35(43)31-33;/h17-18,20,22,25-28,33-38,43-44,47H,3-16,19,21,23-24,29-32H2,1-2H3,(H,42,45)(H2,48,49,50);/q;+1/p-1/b20-17-,22-18-,28-27+;/t33-,34+,35+,36+,37+,38-,41+;/m1./s1. The Labute approximate surface area is 347 Å². The Bertz CT molecular complexity index is 1220. The van der Waals surface area contributed by atoms with E-state index in [1.165, 1.54) is 82.1 Å². The molecule has 2 rings (SSSR count). The minimum absolute atomic E-state index is 0. The smallest absolute Gasteiger partial charge is 0.862 e. The fraction of sp³-hybridized carbons (Fsp3) is 0.756. The zero-order chi connectivity index (χ0) is 39.0. The number of carbonyl (C=O) groups excluding carboxylic acids is 1. The molecule has 0 unspecified atom stereocenters. The summed E-state index contributed by atoms with van der Waals surface area (Å²) in [5.74, 6) is -0.842. The molecule has 7 atom stereocenters. The first kappa shape index (κ1) is 50.9. The van der Waals surface area contributed by atoms with Crippen molar-refractivity contribution in [3.05, 3.63) is 48.6 Å². The summed E-state index contributed by atoms with van der Waals surface area (Å²) < 4.78 is 22.6. The molecule has 0 amide bonds. The van der Waals surface area contributed by atoms with E-state index in [0.29, 0.717) is 19.3 Å². The first-order valence-electron chi connectivity index (χ1n) is 20.3. The van der Waals surface area contributed by atoms with Gasteiger partial charge < -0.3 is 39.9 Å². The molecule has 1 aliphatic heterocycles. The number of allylic oxidation sites excluding steroid dienone is 3. The van der Waals surface area contributed by atoms with Crippen LogP contribution in [0.25, 0.3) is 0 Å². The third-order valence-corrected chi connectivity index (χ3v) is 10.8. The minimum atomic E-state index is -5.16. The molecule has 0 bridgehead atoms. The van der Waals surface area contributed by atoms with E-state index < -0.39 is 44.1 Å². The first-order valence-corrected chi connectivity index (χ1v) is 21.8. The van der Waals surface area contributed by atoms with Gasteiger partial charge in [-0.15, -0.1) is 0 Å². The van der Waals surface area contributed by atoms with Gasteiger partial charge in [0.05, 0.1) is 12.2 Å². The summed E-state index contributed by atoms with van der Waals surface area (Å²) in [5.41, 5.74) is -2.10. The molecular formula is C41H69NNaO10P. The normalized spacial score (nSPS) is 23.5. The number of unbranched alkanes of at least 4 members (excludes halogenated alkanes) is 12. The van der Waals surface area contributed by atoms with Gasteiger partial charge in [0.25, 0.3) is 0 Å². The number of nitrogens with zero attached hydrogens (tertiary/aromatic N) is 1. The van der Waals surface area contributed by atoms with Crippen molar-refractivity contribution < 1.29 is 78.4 Å². The van der Waals surface area contributed by atoms with Crippen LogP contribution in [0.4, 0.5) is 0 Å². The molecule has 54 heavy (non-hydrogen) atoms. The van der Waals surface area contributed by atoms with Crippen molar-refractivity contribution in [2.45, 2.75) is 179 Å². The van der Waals surface area contributed by atoms with Gasteiger partial charge in [-0.3, -0.25) is 4.52 Å². The Morgan fingerprint density at radius 3 is 2.24 bits per heavy atom. The van der Waals surface area contributed by atoms with E-state index in [2.05, 4.69) is 11.9 Å². The number of carbonyl (C=O) groups is 1. The van der Waals surface area contributed by atoms with Gasteiger partial charge in [0.15, 0.2) is 0 Å². The number of esters is 1. The van der Waals surface area contributed by atoms with Crippen LogP contribution in [-0.2, 0) is 18.6 Å². The number of rotatable bonds is 28. The number of hydrogen-bond donors (Lipinski definition) is 5. The van der Waals surface area contributed by atoms with Gasteiger partial charge in [-0.05, 0) is 56.4 Å². The summed E-state index contributed by atoms with van der Waals surface area (Å²) >= 11 is 0. The van der Waals surface area contributed by atoms with Crippen molar-refractivity contribution in [3.8, 4) is 0 Å². The number of cyclic esters (lactones) is 1. The second kappa shape index (κ2) is 29.2. The second-order valence-corrected chi connectivity index (χ2v) is 16.1.